The quantitative estimate of drug-likeness (QED) is 0.521. The van der Waals surface area contributed by atoms with Crippen molar-refractivity contribution in [3.63, 3.8) is 0 Å². The number of nitro benzene ring substituents is 1. The number of non-ortho nitro benzene ring substituents is 1. The van der Waals surface area contributed by atoms with Crippen molar-refractivity contribution >= 4 is 33.9 Å². The lowest BCUT2D eigenvalue weighted by molar-refractivity contribution is -0.384. The number of thiophene rings is 1. The minimum Gasteiger partial charge on any atom is -0.465 e. The molecule has 7 nitrogen and oxygen atoms in total. The molecule has 0 radical (unpaired) electrons. The van der Waals surface area contributed by atoms with Crippen molar-refractivity contribution in [1.82, 2.24) is 0 Å². The highest BCUT2D eigenvalue weighted by Crippen LogP contribution is 2.39. The van der Waals surface area contributed by atoms with Gasteiger partial charge in [-0.2, -0.15) is 0 Å². The summed E-state index contributed by atoms with van der Waals surface area (Å²) in [5.41, 5.74) is 1.57. The number of methoxy groups -OCH3 is 1. The lowest BCUT2D eigenvalue weighted by atomic mass is 10.1. The van der Waals surface area contributed by atoms with Crippen molar-refractivity contribution in [3.8, 4) is 0 Å². The lowest BCUT2D eigenvalue weighted by Crippen LogP contribution is -2.14. The summed E-state index contributed by atoms with van der Waals surface area (Å²) in [6.07, 6.45) is 2.67. The first-order valence-corrected chi connectivity index (χ1v) is 8.11. The van der Waals surface area contributed by atoms with Crippen LogP contribution < -0.4 is 5.32 Å². The molecule has 124 valence electrons. The standard InChI is InChI=1S/C16H14N2O5S/c1-23-16(20)13-11-3-2-4-12(11)24-15(13)17-14(19)9-5-7-10(8-6-9)18(21)22/h5-8H,2-4H2,1H3,(H,17,19). The van der Waals surface area contributed by atoms with E-state index >= 15 is 0 Å². The molecule has 0 atom stereocenters. The van der Waals surface area contributed by atoms with E-state index in [9.17, 15) is 19.7 Å². The summed E-state index contributed by atoms with van der Waals surface area (Å²) in [6, 6.07) is 5.30. The van der Waals surface area contributed by atoms with E-state index in [0.717, 1.165) is 29.7 Å². The Morgan fingerprint density at radius 3 is 2.58 bits per heavy atom. The van der Waals surface area contributed by atoms with Crippen molar-refractivity contribution in [3.05, 3.63) is 55.9 Å². The van der Waals surface area contributed by atoms with Gasteiger partial charge < -0.3 is 10.1 Å². The average molecular weight is 346 g/mol. The largest absolute Gasteiger partial charge is 0.465 e. The molecule has 0 aliphatic heterocycles. The van der Waals surface area contributed by atoms with E-state index in [4.69, 9.17) is 4.74 Å². The van der Waals surface area contributed by atoms with Crippen LogP contribution in [0.4, 0.5) is 10.7 Å². The average Bonchev–Trinajstić information content (AvgIpc) is 3.14. The van der Waals surface area contributed by atoms with E-state index in [-0.39, 0.29) is 11.3 Å². The Labute approximate surface area is 141 Å². The second kappa shape index (κ2) is 6.40. The molecule has 3 rings (SSSR count). The maximum atomic E-state index is 12.4. The summed E-state index contributed by atoms with van der Waals surface area (Å²) in [4.78, 5) is 35.6. The number of hydrogen-bond acceptors (Lipinski definition) is 6. The summed E-state index contributed by atoms with van der Waals surface area (Å²) in [7, 11) is 1.31. The number of rotatable bonds is 4. The van der Waals surface area contributed by atoms with E-state index in [0.29, 0.717) is 10.6 Å². The first kappa shape index (κ1) is 16.1. The fourth-order valence-corrected chi connectivity index (χ4v) is 3.99. The van der Waals surface area contributed by atoms with Crippen molar-refractivity contribution < 1.29 is 19.2 Å². The Kier molecular flexibility index (Phi) is 4.30. The minimum absolute atomic E-state index is 0.0862. The summed E-state index contributed by atoms with van der Waals surface area (Å²) in [5, 5.41) is 13.9. The van der Waals surface area contributed by atoms with Gasteiger partial charge in [-0.3, -0.25) is 14.9 Å². The topological polar surface area (TPSA) is 98.5 Å². The number of hydrogen-bond donors (Lipinski definition) is 1. The number of benzene rings is 1. The van der Waals surface area contributed by atoms with Gasteiger partial charge in [0.25, 0.3) is 11.6 Å². The minimum atomic E-state index is -0.527. The monoisotopic (exact) mass is 346 g/mol. The Hall–Kier alpha value is -2.74. The maximum absolute atomic E-state index is 12.4. The Balaban J connectivity index is 1.87. The molecule has 24 heavy (non-hydrogen) atoms. The summed E-state index contributed by atoms with van der Waals surface area (Å²) in [6.45, 7) is 0. The van der Waals surface area contributed by atoms with Crippen LogP contribution in [0.25, 0.3) is 0 Å². The van der Waals surface area contributed by atoms with Gasteiger partial charge >= 0.3 is 5.97 Å². The van der Waals surface area contributed by atoms with Crippen LogP contribution in [0.1, 0.15) is 37.6 Å². The van der Waals surface area contributed by atoms with Crippen LogP contribution in [-0.4, -0.2) is 23.9 Å². The third-order valence-corrected chi connectivity index (χ3v) is 5.09. The first-order valence-electron chi connectivity index (χ1n) is 7.30. The zero-order valence-electron chi connectivity index (χ0n) is 12.8. The molecule has 0 saturated carbocycles. The van der Waals surface area contributed by atoms with Gasteiger partial charge in [-0.25, -0.2) is 4.79 Å². The predicted octanol–water partition coefficient (Wildman–Crippen LogP) is 3.18. The van der Waals surface area contributed by atoms with E-state index < -0.39 is 16.8 Å². The van der Waals surface area contributed by atoms with Gasteiger partial charge in [0.05, 0.1) is 17.6 Å². The maximum Gasteiger partial charge on any atom is 0.341 e. The van der Waals surface area contributed by atoms with Gasteiger partial charge in [0.1, 0.15) is 5.00 Å². The molecule has 2 aromatic rings. The number of fused-ring (bicyclic) bond motifs is 1. The second-order valence-electron chi connectivity index (χ2n) is 5.31. The Bertz CT molecular complexity index is 826. The number of esters is 1. The lowest BCUT2D eigenvalue weighted by Gasteiger charge is -2.07. The van der Waals surface area contributed by atoms with Crippen LogP contribution in [0.2, 0.25) is 0 Å². The third kappa shape index (κ3) is 2.88. The van der Waals surface area contributed by atoms with Gasteiger partial charge in [-0.05, 0) is 37.0 Å². The smallest absolute Gasteiger partial charge is 0.341 e. The number of ether oxygens (including phenoxy) is 1. The number of nitro groups is 1. The van der Waals surface area contributed by atoms with Crippen LogP contribution in [0.15, 0.2) is 24.3 Å². The van der Waals surface area contributed by atoms with Crippen molar-refractivity contribution in [2.75, 3.05) is 12.4 Å². The van der Waals surface area contributed by atoms with Crippen molar-refractivity contribution in [2.24, 2.45) is 0 Å². The zero-order chi connectivity index (χ0) is 17.3. The van der Waals surface area contributed by atoms with Gasteiger partial charge in [-0.15, -0.1) is 11.3 Å². The van der Waals surface area contributed by atoms with Crippen molar-refractivity contribution in [2.45, 2.75) is 19.3 Å². The normalized spacial score (nSPS) is 12.5. The van der Waals surface area contributed by atoms with Gasteiger partial charge in [0.15, 0.2) is 0 Å². The highest BCUT2D eigenvalue weighted by atomic mass is 32.1. The number of anilines is 1. The predicted molar refractivity (Wildman–Crippen MR) is 88.7 cm³/mol. The van der Waals surface area contributed by atoms with E-state index in [1.807, 2.05) is 0 Å². The number of nitrogens with zero attached hydrogens (tertiary/aromatic N) is 1. The summed E-state index contributed by atoms with van der Waals surface area (Å²) in [5.74, 6) is -0.886. The molecule has 0 fully saturated rings. The van der Waals surface area contributed by atoms with Crippen LogP contribution in [0, 0.1) is 10.1 Å². The summed E-state index contributed by atoms with van der Waals surface area (Å²) < 4.78 is 4.83. The zero-order valence-corrected chi connectivity index (χ0v) is 13.6. The molecule has 0 spiro atoms. The number of nitrogens with one attached hydrogen (secondary N) is 1. The molecule has 0 unspecified atom stereocenters. The molecule has 1 N–H and O–H groups in total. The van der Waals surface area contributed by atoms with E-state index in [2.05, 4.69) is 5.32 Å². The SMILES string of the molecule is COC(=O)c1c(NC(=O)c2ccc([N+](=O)[O-])cc2)sc2c1CCC2. The number of carbonyl (C=O) groups is 2. The molecule has 1 aromatic heterocycles. The fraction of sp³-hybridized carbons (Fsp3) is 0.250. The van der Waals surface area contributed by atoms with E-state index in [1.165, 1.54) is 42.7 Å². The third-order valence-electron chi connectivity index (χ3n) is 3.88. The van der Waals surface area contributed by atoms with Crippen LogP contribution in [0.3, 0.4) is 0 Å². The summed E-state index contributed by atoms with van der Waals surface area (Å²) >= 11 is 1.38. The van der Waals surface area contributed by atoms with Gasteiger partial charge in [0.2, 0.25) is 0 Å². The molecule has 0 bridgehead atoms. The van der Waals surface area contributed by atoms with Gasteiger partial charge in [-0.1, -0.05) is 0 Å². The van der Waals surface area contributed by atoms with Crippen molar-refractivity contribution in [1.29, 1.82) is 0 Å². The number of amides is 1. The number of carbonyl (C=O) groups excluding carboxylic acids is 2. The van der Waals surface area contributed by atoms with Gasteiger partial charge in [0, 0.05) is 22.6 Å². The molecular formula is C16H14N2O5S. The molecule has 1 aliphatic carbocycles. The van der Waals surface area contributed by atoms with Crippen LogP contribution in [-0.2, 0) is 17.6 Å². The number of aryl methyl sites for hydroxylation is 1. The Morgan fingerprint density at radius 1 is 1.25 bits per heavy atom. The second-order valence-corrected chi connectivity index (χ2v) is 6.42. The molecular weight excluding hydrogens is 332 g/mol. The van der Waals surface area contributed by atoms with Crippen LogP contribution in [0.5, 0.6) is 0 Å². The molecule has 0 saturated heterocycles. The molecule has 1 aliphatic rings. The molecule has 1 amide bonds. The van der Waals surface area contributed by atoms with E-state index in [1.54, 1.807) is 0 Å². The Morgan fingerprint density at radius 2 is 1.96 bits per heavy atom. The highest BCUT2D eigenvalue weighted by Gasteiger charge is 2.28. The highest BCUT2D eigenvalue weighted by molar-refractivity contribution is 7.17. The molecule has 8 heteroatoms. The fourth-order valence-electron chi connectivity index (χ4n) is 2.72. The molecule has 1 heterocycles. The van der Waals surface area contributed by atoms with Crippen LogP contribution >= 0.6 is 11.3 Å². The molecule has 1 aromatic carbocycles. The first-order chi connectivity index (χ1) is 11.5.